The van der Waals surface area contributed by atoms with Crippen LogP contribution in [0.3, 0.4) is 0 Å². The monoisotopic (exact) mass is 343 g/mol. The highest BCUT2D eigenvalue weighted by atomic mass is 32.1. The lowest BCUT2D eigenvalue weighted by Gasteiger charge is -2.22. The lowest BCUT2D eigenvalue weighted by molar-refractivity contribution is -0.120. The van der Waals surface area contributed by atoms with E-state index in [1.54, 1.807) is 11.3 Å². The number of aryl methyl sites for hydroxylation is 1. The molecule has 2 atom stereocenters. The Bertz CT molecular complexity index is 710. The number of hydrogen-bond donors (Lipinski definition) is 2. The van der Waals surface area contributed by atoms with Gasteiger partial charge >= 0.3 is 0 Å². The minimum absolute atomic E-state index is 0.0552. The molecule has 0 bridgehead atoms. The predicted molar refractivity (Wildman–Crippen MR) is 94.6 cm³/mol. The molecule has 0 spiro atoms. The summed E-state index contributed by atoms with van der Waals surface area (Å²) in [5.41, 5.74) is 2.54. The summed E-state index contributed by atoms with van der Waals surface area (Å²) in [6.45, 7) is 1.80. The Kier molecular flexibility index (Phi) is 4.60. The molecule has 6 heteroatoms. The van der Waals surface area contributed by atoms with Gasteiger partial charge in [-0.15, -0.1) is 11.3 Å². The van der Waals surface area contributed by atoms with Crippen molar-refractivity contribution >= 4 is 22.4 Å². The lowest BCUT2D eigenvalue weighted by Crippen LogP contribution is -2.48. The number of morpholine rings is 1. The SMILES string of the molecule is O=C(Nc1nc2c(s1)CC(c1ccccc1)CC2)C1COCCN1. The van der Waals surface area contributed by atoms with E-state index in [2.05, 4.69) is 45.9 Å². The number of rotatable bonds is 3. The van der Waals surface area contributed by atoms with Crippen LogP contribution in [0, 0.1) is 0 Å². The van der Waals surface area contributed by atoms with Crippen molar-refractivity contribution in [3.05, 3.63) is 46.5 Å². The van der Waals surface area contributed by atoms with Gasteiger partial charge in [-0.2, -0.15) is 0 Å². The molecule has 24 heavy (non-hydrogen) atoms. The number of amides is 1. The fourth-order valence-corrected chi connectivity index (χ4v) is 4.46. The summed E-state index contributed by atoms with van der Waals surface area (Å²) in [7, 11) is 0. The van der Waals surface area contributed by atoms with Gasteiger partial charge in [-0.05, 0) is 30.7 Å². The molecular weight excluding hydrogens is 322 g/mol. The smallest absolute Gasteiger partial charge is 0.245 e. The number of carbonyl (C=O) groups excluding carboxylic acids is 1. The van der Waals surface area contributed by atoms with E-state index in [1.165, 1.54) is 10.4 Å². The maximum absolute atomic E-state index is 12.3. The van der Waals surface area contributed by atoms with Gasteiger partial charge in [0, 0.05) is 11.4 Å². The highest BCUT2D eigenvalue weighted by Gasteiger charge is 2.26. The summed E-state index contributed by atoms with van der Waals surface area (Å²) in [5, 5.41) is 6.83. The molecule has 1 aromatic carbocycles. The molecule has 2 N–H and O–H groups in total. The Morgan fingerprint density at radius 2 is 2.21 bits per heavy atom. The number of fused-ring (bicyclic) bond motifs is 1. The zero-order chi connectivity index (χ0) is 16.4. The van der Waals surface area contributed by atoms with Crippen LogP contribution in [0.4, 0.5) is 5.13 Å². The van der Waals surface area contributed by atoms with Gasteiger partial charge in [0.25, 0.3) is 0 Å². The van der Waals surface area contributed by atoms with E-state index in [0.29, 0.717) is 30.8 Å². The summed E-state index contributed by atoms with van der Waals surface area (Å²) in [6, 6.07) is 10.4. The van der Waals surface area contributed by atoms with Crippen LogP contribution in [0.1, 0.15) is 28.5 Å². The molecule has 0 saturated carbocycles. The van der Waals surface area contributed by atoms with Crippen molar-refractivity contribution in [1.82, 2.24) is 10.3 Å². The molecule has 1 amide bonds. The first-order chi connectivity index (χ1) is 11.8. The third kappa shape index (κ3) is 3.36. The van der Waals surface area contributed by atoms with E-state index in [9.17, 15) is 4.79 Å². The number of benzene rings is 1. The van der Waals surface area contributed by atoms with Crippen LogP contribution in [0.2, 0.25) is 0 Å². The molecule has 1 saturated heterocycles. The van der Waals surface area contributed by atoms with Gasteiger partial charge in [-0.3, -0.25) is 4.79 Å². The number of nitrogens with one attached hydrogen (secondary N) is 2. The maximum Gasteiger partial charge on any atom is 0.245 e. The second kappa shape index (κ2) is 7.01. The molecule has 1 aliphatic carbocycles. The van der Waals surface area contributed by atoms with E-state index in [-0.39, 0.29) is 11.9 Å². The maximum atomic E-state index is 12.3. The van der Waals surface area contributed by atoms with Gasteiger partial charge in [0.15, 0.2) is 5.13 Å². The molecule has 5 nitrogen and oxygen atoms in total. The third-order valence-electron chi connectivity index (χ3n) is 4.68. The van der Waals surface area contributed by atoms with Crippen LogP contribution >= 0.6 is 11.3 Å². The number of aromatic nitrogens is 1. The molecule has 126 valence electrons. The Hall–Kier alpha value is -1.76. The first-order valence-electron chi connectivity index (χ1n) is 8.45. The topological polar surface area (TPSA) is 63.2 Å². The van der Waals surface area contributed by atoms with Crippen molar-refractivity contribution in [3.8, 4) is 0 Å². The number of anilines is 1. The fraction of sp³-hybridized carbons (Fsp3) is 0.444. The molecular formula is C18H21N3O2S. The second-order valence-electron chi connectivity index (χ2n) is 6.31. The average Bonchev–Trinajstić information content (AvgIpc) is 3.04. The molecule has 2 aromatic rings. The summed E-state index contributed by atoms with van der Waals surface area (Å²) >= 11 is 1.61. The van der Waals surface area contributed by atoms with Gasteiger partial charge in [-0.25, -0.2) is 4.98 Å². The number of ether oxygens (including phenoxy) is 1. The van der Waals surface area contributed by atoms with E-state index in [0.717, 1.165) is 25.0 Å². The Morgan fingerprint density at radius 3 is 3.00 bits per heavy atom. The zero-order valence-electron chi connectivity index (χ0n) is 13.5. The minimum Gasteiger partial charge on any atom is -0.378 e. The second-order valence-corrected chi connectivity index (χ2v) is 7.39. The Morgan fingerprint density at radius 1 is 1.33 bits per heavy atom. The summed E-state index contributed by atoms with van der Waals surface area (Å²) in [6.07, 6.45) is 3.11. The molecule has 1 fully saturated rings. The first-order valence-corrected chi connectivity index (χ1v) is 9.27. The van der Waals surface area contributed by atoms with Crippen LogP contribution in [0.15, 0.2) is 30.3 Å². The summed E-state index contributed by atoms with van der Waals surface area (Å²) in [5.74, 6) is 0.497. The van der Waals surface area contributed by atoms with Gasteiger partial charge in [0.2, 0.25) is 5.91 Å². The van der Waals surface area contributed by atoms with Crippen LogP contribution in [0.25, 0.3) is 0 Å². The fourth-order valence-electron chi connectivity index (χ4n) is 3.36. The minimum atomic E-state index is -0.281. The molecule has 1 aromatic heterocycles. The van der Waals surface area contributed by atoms with Gasteiger partial charge in [-0.1, -0.05) is 30.3 Å². The van der Waals surface area contributed by atoms with Crippen LogP contribution in [-0.4, -0.2) is 36.7 Å². The predicted octanol–water partition coefficient (Wildman–Crippen LogP) is 2.34. The third-order valence-corrected chi connectivity index (χ3v) is 5.71. The number of thiazole rings is 1. The van der Waals surface area contributed by atoms with Crippen molar-refractivity contribution in [2.24, 2.45) is 0 Å². The Labute approximate surface area is 145 Å². The van der Waals surface area contributed by atoms with Crippen LogP contribution in [-0.2, 0) is 22.4 Å². The van der Waals surface area contributed by atoms with Crippen molar-refractivity contribution < 1.29 is 9.53 Å². The molecule has 2 aliphatic rings. The highest BCUT2D eigenvalue weighted by molar-refractivity contribution is 7.15. The quantitative estimate of drug-likeness (QED) is 0.898. The van der Waals surface area contributed by atoms with E-state index in [4.69, 9.17) is 4.74 Å². The van der Waals surface area contributed by atoms with Crippen molar-refractivity contribution in [3.63, 3.8) is 0 Å². The van der Waals surface area contributed by atoms with E-state index in [1.807, 2.05) is 0 Å². The van der Waals surface area contributed by atoms with Gasteiger partial charge in [0.05, 0.1) is 18.9 Å². The molecule has 1 aliphatic heterocycles. The van der Waals surface area contributed by atoms with E-state index < -0.39 is 0 Å². The molecule has 4 rings (SSSR count). The summed E-state index contributed by atoms with van der Waals surface area (Å²) in [4.78, 5) is 18.2. The molecule has 2 unspecified atom stereocenters. The zero-order valence-corrected chi connectivity index (χ0v) is 14.3. The van der Waals surface area contributed by atoms with Crippen LogP contribution < -0.4 is 10.6 Å². The normalized spacial score (nSPS) is 23.5. The lowest BCUT2D eigenvalue weighted by atomic mass is 9.85. The van der Waals surface area contributed by atoms with Crippen molar-refractivity contribution in [2.75, 3.05) is 25.1 Å². The number of carbonyl (C=O) groups is 1. The largest absolute Gasteiger partial charge is 0.378 e. The van der Waals surface area contributed by atoms with Crippen LogP contribution in [0.5, 0.6) is 0 Å². The highest BCUT2D eigenvalue weighted by Crippen LogP contribution is 2.36. The van der Waals surface area contributed by atoms with Crippen molar-refractivity contribution in [2.45, 2.75) is 31.2 Å². The van der Waals surface area contributed by atoms with E-state index >= 15 is 0 Å². The number of nitrogens with zero attached hydrogens (tertiary/aromatic N) is 1. The molecule has 0 radical (unpaired) electrons. The summed E-state index contributed by atoms with van der Waals surface area (Å²) < 4.78 is 5.34. The Balaban J connectivity index is 1.43. The first kappa shape index (κ1) is 15.7. The average molecular weight is 343 g/mol. The van der Waals surface area contributed by atoms with Crippen molar-refractivity contribution in [1.29, 1.82) is 0 Å². The standard InChI is InChI=1S/C18H21N3O2S/c22-17(15-11-23-9-8-19-15)21-18-20-14-7-6-13(10-16(14)24-18)12-4-2-1-3-5-12/h1-5,13,15,19H,6-11H2,(H,20,21,22). The number of hydrogen-bond acceptors (Lipinski definition) is 5. The molecule has 2 heterocycles. The van der Waals surface area contributed by atoms with Gasteiger partial charge in [0.1, 0.15) is 6.04 Å². The van der Waals surface area contributed by atoms with Gasteiger partial charge < -0.3 is 15.4 Å².